The molecule has 0 aliphatic carbocycles. The molecule has 0 aliphatic rings. The summed E-state index contributed by atoms with van der Waals surface area (Å²) in [5, 5.41) is 7.02. The Morgan fingerprint density at radius 3 is 1.91 bits per heavy atom. The molecule has 9 aromatic carbocycles. The molecule has 0 saturated carbocycles. The van der Waals surface area contributed by atoms with Crippen LogP contribution in [0.4, 0.5) is 17.1 Å². The lowest BCUT2D eigenvalue weighted by atomic mass is 9.98. The predicted molar refractivity (Wildman–Crippen MR) is 227 cm³/mol. The van der Waals surface area contributed by atoms with Crippen molar-refractivity contribution in [2.24, 2.45) is 0 Å². The molecular weight excluding hydrogens is 673 g/mol. The van der Waals surface area contributed by atoms with Crippen molar-refractivity contribution in [2.45, 2.75) is 0 Å². The van der Waals surface area contributed by atoms with Crippen molar-refractivity contribution in [3.8, 4) is 33.7 Å². The van der Waals surface area contributed by atoms with Gasteiger partial charge in [-0.1, -0.05) is 127 Å². The number of furan rings is 1. The fourth-order valence-electron chi connectivity index (χ4n) is 8.02. The summed E-state index contributed by atoms with van der Waals surface area (Å²) >= 11 is 0. The summed E-state index contributed by atoms with van der Waals surface area (Å²) in [7, 11) is 0. The fraction of sp³-hybridized carbons (Fsp3) is 0. The van der Waals surface area contributed by atoms with Crippen LogP contribution < -0.4 is 4.90 Å². The van der Waals surface area contributed by atoms with E-state index in [-0.39, 0.29) is 0 Å². The standard InChI is InChI=1S/C51H32N2O2/c1-3-11-33(12-4-1)37-16-9-17-40(29-37)53(41-27-28-43-38(30-41)22-21-34-13-7-8-18-42(34)43)39-25-23-35(24-26-39)44-19-10-20-47-50(44)45-31-46-49(32-48(45)54-47)55-51(52-46)36-14-5-2-6-15-36/h1-32H. The minimum absolute atomic E-state index is 0.599. The third-order valence-corrected chi connectivity index (χ3v) is 10.7. The van der Waals surface area contributed by atoms with Crippen LogP contribution in [0.25, 0.3) is 88.3 Å². The Hall–Kier alpha value is -7.43. The monoisotopic (exact) mass is 704 g/mol. The molecule has 0 bridgehead atoms. The van der Waals surface area contributed by atoms with Crippen LogP contribution in [0.3, 0.4) is 0 Å². The topological polar surface area (TPSA) is 42.4 Å². The highest BCUT2D eigenvalue weighted by atomic mass is 16.4. The summed E-state index contributed by atoms with van der Waals surface area (Å²) in [4.78, 5) is 7.21. The highest BCUT2D eigenvalue weighted by Gasteiger charge is 2.19. The number of benzene rings is 9. The van der Waals surface area contributed by atoms with Gasteiger partial charge >= 0.3 is 0 Å². The van der Waals surface area contributed by atoms with Crippen LogP contribution in [0.1, 0.15) is 0 Å². The fourth-order valence-corrected chi connectivity index (χ4v) is 8.02. The lowest BCUT2D eigenvalue weighted by Crippen LogP contribution is -2.10. The van der Waals surface area contributed by atoms with E-state index in [1.54, 1.807) is 0 Å². The SMILES string of the molecule is c1ccc(-c2cccc(N(c3ccc(-c4cccc5oc6cc7oc(-c8ccccc8)nc7cc6c45)cc3)c3ccc4c(ccc5ccccc54)c3)c2)cc1. The highest BCUT2D eigenvalue weighted by molar-refractivity contribution is 6.15. The average molecular weight is 705 g/mol. The lowest BCUT2D eigenvalue weighted by Gasteiger charge is -2.27. The molecular formula is C51H32N2O2. The van der Waals surface area contributed by atoms with Gasteiger partial charge in [-0.3, -0.25) is 0 Å². The summed E-state index contributed by atoms with van der Waals surface area (Å²) in [6.45, 7) is 0. The zero-order chi connectivity index (χ0) is 36.3. The van der Waals surface area contributed by atoms with Gasteiger partial charge in [0.25, 0.3) is 0 Å². The Kier molecular flexibility index (Phi) is 7.14. The number of hydrogen-bond acceptors (Lipinski definition) is 4. The molecule has 2 aromatic heterocycles. The Balaban J connectivity index is 1.03. The van der Waals surface area contributed by atoms with E-state index >= 15 is 0 Å². The van der Waals surface area contributed by atoms with Crippen molar-refractivity contribution in [1.82, 2.24) is 4.98 Å². The Morgan fingerprint density at radius 2 is 1.05 bits per heavy atom. The van der Waals surface area contributed by atoms with Crippen molar-refractivity contribution >= 4 is 71.6 Å². The van der Waals surface area contributed by atoms with Gasteiger partial charge in [-0.25, -0.2) is 4.98 Å². The number of anilines is 3. The molecule has 4 heteroatoms. The molecule has 258 valence electrons. The highest BCUT2D eigenvalue weighted by Crippen LogP contribution is 2.42. The smallest absolute Gasteiger partial charge is 0.227 e. The summed E-state index contributed by atoms with van der Waals surface area (Å²) in [6, 6.07) is 68.4. The van der Waals surface area contributed by atoms with Crippen molar-refractivity contribution in [3.63, 3.8) is 0 Å². The van der Waals surface area contributed by atoms with Gasteiger partial charge in [0.05, 0.1) is 0 Å². The number of oxazole rings is 1. The van der Waals surface area contributed by atoms with Crippen molar-refractivity contribution in [1.29, 1.82) is 0 Å². The molecule has 0 amide bonds. The Morgan fingerprint density at radius 1 is 0.364 bits per heavy atom. The second-order valence-electron chi connectivity index (χ2n) is 14.0. The van der Waals surface area contributed by atoms with Gasteiger partial charge in [-0.15, -0.1) is 0 Å². The lowest BCUT2D eigenvalue weighted by molar-refractivity contribution is 0.617. The second kappa shape index (κ2) is 12.6. The molecule has 11 aromatic rings. The molecule has 4 nitrogen and oxygen atoms in total. The van der Waals surface area contributed by atoms with Crippen molar-refractivity contribution in [2.75, 3.05) is 4.90 Å². The van der Waals surface area contributed by atoms with Gasteiger partial charge in [0.15, 0.2) is 5.58 Å². The molecule has 0 saturated heterocycles. The van der Waals surface area contributed by atoms with E-state index in [1.807, 2.05) is 42.5 Å². The van der Waals surface area contributed by atoms with Gasteiger partial charge in [0.1, 0.15) is 16.7 Å². The maximum Gasteiger partial charge on any atom is 0.227 e. The third kappa shape index (κ3) is 5.34. The Bertz CT molecular complexity index is 3200. The van der Waals surface area contributed by atoms with E-state index in [4.69, 9.17) is 13.8 Å². The first kappa shape index (κ1) is 31.1. The number of fused-ring (bicyclic) bond motifs is 7. The van der Waals surface area contributed by atoms with E-state index in [2.05, 4.69) is 157 Å². The van der Waals surface area contributed by atoms with E-state index in [0.717, 1.165) is 61.2 Å². The molecule has 0 spiro atoms. The molecule has 0 N–H and O–H groups in total. The quantitative estimate of drug-likeness (QED) is 0.162. The molecule has 0 aliphatic heterocycles. The van der Waals surface area contributed by atoms with Crippen molar-refractivity contribution < 1.29 is 8.83 Å². The van der Waals surface area contributed by atoms with E-state index in [1.165, 1.54) is 32.7 Å². The number of rotatable bonds is 6. The normalized spacial score (nSPS) is 11.6. The van der Waals surface area contributed by atoms with Gasteiger partial charge < -0.3 is 13.7 Å². The summed E-state index contributed by atoms with van der Waals surface area (Å²) in [5.41, 5.74) is 11.9. The maximum atomic E-state index is 6.43. The van der Waals surface area contributed by atoms with Crippen LogP contribution in [0.2, 0.25) is 0 Å². The summed E-state index contributed by atoms with van der Waals surface area (Å²) < 4.78 is 12.6. The molecule has 0 atom stereocenters. The van der Waals surface area contributed by atoms with E-state index in [0.29, 0.717) is 11.5 Å². The van der Waals surface area contributed by atoms with Crippen LogP contribution >= 0.6 is 0 Å². The molecule has 55 heavy (non-hydrogen) atoms. The summed E-state index contributed by atoms with van der Waals surface area (Å²) in [5.74, 6) is 0.599. The first-order chi connectivity index (χ1) is 27.2. The minimum Gasteiger partial charge on any atom is -0.456 e. The predicted octanol–water partition coefficient (Wildman–Crippen LogP) is 14.5. The van der Waals surface area contributed by atoms with Crippen LogP contribution in [-0.2, 0) is 0 Å². The largest absolute Gasteiger partial charge is 0.456 e. The molecule has 0 unspecified atom stereocenters. The van der Waals surface area contributed by atoms with E-state index < -0.39 is 0 Å². The van der Waals surface area contributed by atoms with Gasteiger partial charge in [-0.05, 0) is 104 Å². The third-order valence-electron chi connectivity index (χ3n) is 10.7. The van der Waals surface area contributed by atoms with Crippen molar-refractivity contribution in [3.05, 3.63) is 194 Å². The Labute approximate surface area is 317 Å². The van der Waals surface area contributed by atoms with Crippen LogP contribution in [0, 0.1) is 0 Å². The first-order valence-corrected chi connectivity index (χ1v) is 18.5. The molecule has 0 fully saturated rings. The maximum absolute atomic E-state index is 6.43. The van der Waals surface area contributed by atoms with Crippen LogP contribution in [-0.4, -0.2) is 4.98 Å². The van der Waals surface area contributed by atoms with E-state index in [9.17, 15) is 0 Å². The number of nitrogens with zero attached hydrogens (tertiary/aromatic N) is 2. The zero-order valence-corrected chi connectivity index (χ0v) is 29.7. The minimum atomic E-state index is 0.599. The van der Waals surface area contributed by atoms with Gasteiger partial charge in [0.2, 0.25) is 5.89 Å². The number of hydrogen-bond donors (Lipinski definition) is 0. The second-order valence-corrected chi connectivity index (χ2v) is 14.0. The van der Waals surface area contributed by atoms with Crippen LogP contribution in [0.15, 0.2) is 203 Å². The van der Waals surface area contributed by atoms with Gasteiger partial charge in [-0.2, -0.15) is 0 Å². The number of aromatic nitrogens is 1. The average Bonchev–Trinajstić information content (AvgIpc) is 3.84. The summed E-state index contributed by atoms with van der Waals surface area (Å²) in [6.07, 6.45) is 0. The van der Waals surface area contributed by atoms with Gasteiger partial charge in [0, 0.05) is 39.5 Å². The van der Waals surface area contributed by atoms with Crippen LogP contribution in [0.5, 0.6) is 0 Å². The zero-order valence-electron chi connectivity index (χ0n) is 29.7. The molecule has 11 rings (SSSR count). The first-order valence-electron chi connectivity index (χ1n) is 18.5. The molecule has 0 radical (unpaired) electrons. The molecule has 2 heterocycles.